The smallest absolute Gasteiger partial charge is 0.137 e. The van der Waals surface area contributed by atoms with E-state index in [9.17, 15) is 5.11 Å². The average molecular weight is 257 g/mol. The van der Waals surface area contributed by atoms with Crippen LogP contribution in [0.1, 0.15) is 26.2 Å². The highest BCUT2D eigenvalue weighted by molar-refractivity contribution is 5.88. The summed E-state index contributed by atoms with van der Waals surface area (Å²) < 4.78 is 0. The van der Waals surface area contributed by atoms with Crippen LogP contribution in [0.5, 0.6) is 0 Å². The summed E-state index contributed by atoms with van der Waals surface area (Å²) in [5, 5.41) is 14.0. The van der Waals surface area contributed by atoms with Crippen LogP contribution < -0.4 is 5.32 Å². The first-order chi connectivity index (χ1) is 9.28. The number of rotatable bonds is 4. The molecule has 2 aromatic rings. The van der Waals surface area contributed by atoms with Gasteiger partial charge in [0.15, 0.2) is 0 Å². The first kappa shape index (κ1) is 12.4. The maximum Gasteiger partial charge on any atom is 0.137 e. The van der Waals surface area contributed by atoms with Gasteiger partial charge in [-0.1, -0.05) is 19.1 Å². The van der Waals surface area contributed by atoms with Crippen LogP contribution in [0.4, 0.5) is 5.82 Å². The van der Waals surface area contributed by atoms with Crippen molar-refractivity contribution in [2.24, 2.45) is 5.92 Å². The number of hydrogen-bond acceptors (Lipinski definition) is 4. The Morgan fingerprint density at radius 2 is 2.11 bits per heavy atom. The second kappa shape index (κ2) is 5.13. The van der Waals surface area contributed by atoms with Crippen molar-refractivity contribution < 1.29 is 5.11 Å². The second-order valence-corrected chi connectivity index (χ2v) is 5.28. The Balaban J connectivity index is 1.84. The molecule has 100 valence electrons. The van der Waals surface area contributed by atoms with Crippen molar-refractivity contribution in [3.63, 3.8) is 0 Å². The minimum atomic E-state index is -0.108. The Labute approximate surface area is 112 Å². The quantitative estimate of drug-likeness (QED) is 0.884. The topological polar surface area (TPSA) is 58.0 Å². The van der Waals surface area contributed by atoms with E-state index in [-0.39, 0.29) is 6.10 Å². The highest BCUT2D eigenvalue weighted by Gasteiger charge is 2.33. The van der Waals surface area contributed by atoms with Gasteiger partial charge in [-0.3, -0.25) is 0 Å². The van der Waals surface area contributed by atoms with E-state index in [1.165, 1.54) is 0 Å². The second-order valence-electron chi connectivity index (χ2n) is 5.28. The van der Waals surface area contributed by atoms with Crippen LogP contribution in [0, 0.1) is 5.92 Å². The largest absolute Gasteiger partial charge is 0.393 e. The fourth-order valence-electron chi connectivity index (χ4n) is 2.81. The highest BCUT2D eigenvalue weighted by Crippen LogP contribution is 2.33. The molecule has 1 heterocycles. The molecular weight excluding hydrogens is 238 g/mol. The maximum absolute atomic E-state index is 9.45. The molecule has 1 aromatic carbocycles. The third-order valence-corrected chi connectivity index (χ3v) is 4.02. The summed E-state index contributed by atoms with van der Waals surface area (Å²) in [6, 6.07) is 8.40. The molecule has 0 unspecified atom stereocenters. The predicted molar refractivity (Wildman–Crippen MR) is 76.0 cm³/mol. The number of aromatic nitrogens is 2. The Hall–Kier alpha value is -1.68. The third-order valence-electron chi connectivity index (χ3n) is 4.02. The van der Waals surface area contributed by atoms with E-state index < -0.39 is 0 Å². The van der Waals surface area contributed by atoms with Crippen LogP contribution in [0.3, 0.4) is 0 Å². The van der Waals surface area contributed by atoms with Crippen LogP contribution in [-0.4, -0.2) is 27.2 Å². The molecule has 1 aliphatic rings. The molecule has 4 nitrogen and oxygen atoms in total. The van der Waals surface area contributed by atoms with Gasteiger partial charge in [0.1, 0.15) is 12.1 Å². The zero-order valence-electron chi connectivity index (χ0n) is 11.1. The van der Waals surface area contributed by atoms with Crippen LogP contribution >= 0.6 is 0 Å². The molecule has 4 heteroatoms. The standard InChI is InChI=1S/C15H19N3O/c1-2-13(10-7-11(19)8-10)18-15-12-5-3-4-6-14(12)16-9-17-15/h3-6,9-11,13,19H,2,7-8H2,1H3,(H,16,17,18)/t10?,11?,13-/m1/s1. The molecule has 0 saturated heterocycles. The van der Waals surface area contributed by atoms with E-state index >= 15 is 0 Å². The van der Waals surface area contributed by atoms with Gasteiger partial charge < -0.3 is 10.4 Å². The number of fused-ring (bicyclic) bond motifs is 1. The van der Waals surface area contributed by atoms with Gasteiger partial charge in [0.2, 0.25) is 0 Å². The van der Waals surface area contributed by atoms with E-state index in [1.807, 2.05) is 24.3 Å². The van der Waals surface area contributed by atoms with Crippen molar-refractivity contribution >= 4 is 16.7 Å². The van der Waals surface area contributed by atoms with E-state index in [0.29, 0.717) is 12.0 Å². The number of nitrogens with zero attached hydrogens (tertiary/aromatic N) is 2. The van der Waals surface area contributed by atoms with Gasteiger partial charge in [-0.25, -0.2) is 9.97 Å². The summed E-state index contributed by atoms with van der Waals surface area (Å²) in [4.78, 5) is 8.64. The summed E-state index contributed by atoms with van der Waals surface area (Å²) in [5.74, 6) is 1.45. The third kappa shape index (κ3) is 2.40. The molecule has 0 amide bonds. The number of hydrogen-bond donors (Lipinski definition) is 2. The molecule has 1 aromatic heterocycles. The lowest BCUT2D eigenvalue weighted by atomic mass is 9.76. The van der Waals surface area contributed by atoms with Gasteiger partial charge in [0.05, 0.1) is 11.6 Å². The average Bonchev–Trinajstić information content (AvgIpc) is 2.42. The lowest BCUT2D eigenvalue weighted by Crippen LogP contribution is -2.40. The van der Waals surface area contributed by atoms with Crippen molar-refractivity contribution in [1.82, 2.24) is 9.97 Å². The van der Waals surface area contributed by atoms with E-state index in [2.05, 4.69) is 22.2 Å². The van der Waals surface area contributed by atoms with Crippen molar-refractivity contribution in [2.45, 2.75) is 38.3 Å². The molecule has 3 rings (SSSR count). The number of benzene rings is 1. The van der Waals surface area contributed by atoms with Crippen LogP contribution in [0.15, 0.2) is 30.6 Å². The molecule has 19 heavy (non-hydrogen) atoms. The van der Waals surface area contributed by atoms with Gasteiger partial charge in [0.25, 0.3) is 0 Å². The minimum Gasteiger partial charge on any atom is -0.393 e. The van der Waals surface area contributed by atoms with Crippen molar-refractivity contribution in [2.75, 3.05) is 5.32 Å². The van der Waals surface area contributed by atoms with Crippen LogP contribution in [0.2, 0.25) is 0 Å². The van der Waals surface area contributed by atoms with Gasteiger partial charge in [-0.05, 0) is 37.3 Å². The summed E-state index contributed by atoms with van der Waals surface area (Å²) in [5.41, 5.74) is 0.962. The number of anilines is 1. The maximum atomic E-state index is 9.45. The van der Waals surface area contributed by atoms with Gasteiger partial charge in [-0.2, -0.15) is 0 Å². The predicted octanol–water partition coefficient (Wildman–Crippen LogP) is 2.59. The lowest BCUT2D eigenvalue weighted by molar-refractivity contribution is 0.0337. The summed E-state index contributed by atoms with van der Waals surface area (Å²) in [6.07, 6.45) is 4.33. The van der Waals surface area contributed by atoms with E-state index in [4.69, 9.17) is 0 Å². The number of aliphatic hydroxyl groups is 1. The van der Waals surface area contributed by atoms with E-state index in [1.54, 1.807) is 6.33 Å². The molecule has 1 aliphatic carbocycles. The number of aliphatic hydroxyl groups excluding tert-OH is 1. The Kier molecular flexibility index (Phi) is 3.34. The fourth-order valence-corrected chi connectivity index (χ4v) is 2.81. The van der Waals surface area contributed by atoms with Crippen molar-refractivity contribution in [3.05, 3.63) is 30.6 Å². The first-order valence-corrected chi connectivity index (χ1v) is 6.92. The molecule has 0 radical (unpaired) electrons. The molecule has 0 spiro atoms. The monoisotopic (exact) mass is 257 g/mol. The van der Waals surface area contributed by atoms with E-state index in [0.717, 1.165) is 36.0 Å². The van der Waals surface area contributed by atoms with Gasteiger partial charge >= 0.3 is 0 Å². The summed E-state index contributed by atoms with van der Waals surface area (Å²) in [7, 11) is 0. The minimum absolute atomic E-state index is 0.108. The van der Waals surface area contributed by atoms with Crippen molar-refractivity contribution in [3.8, 4) is 0 Å². The lowest BCUT2D eigenvalue weighted by Gasteiger charge is -2.38. The number of nitrogens with one attached hydrogen (secondary N) is 1. The fraction of sp³-hybridized carbons (Fsp3) is 0.467. The molecule has 1 atom stereocenters. The summed E-state index contributed by atoms with van der Waals surface area (Å²) in [6.45, 7) is 2.17. The zero-order valence-corrected chi connectivity index (χ0v) is 11.1. The van der Waals surface area contributed by atoms with Crippen LogP contribution in [-0.2, 0) is 0 Å². The molecule has 0 bridgehead atoms. The molecule has 1 saturated carbocycles. The molecular formula is C15H19N3O. The molecule has 1 fully saturated rings. The Morgan fingerprint density at radius 3 is 2.84 bits per heavy atom. The summed E-state index contributed by atoms with van der Waals surface area (Å²) >= 11 is 0. The highest BCUT2D eigenvalue weighted by atomic mass is 16.3. The van der Waals surface area contributed by atoms with Crippen LogP contribution in [0.25, 0.3) is 10.9 Å². The first-order valence-electron chi connectivity index (χ1n) is 6.92. The van der Waals surface area contributed by atoms with Gasteiger partial charge in [-0.15, -0.1) is 0 Å². The SMILES string of the molecule is CC[C@@H](Nc1ncnc2ccccc12)C1CC(O)C1. The molecule has 2 N–H and O–H groups in total. The Morgan fingerprint density at radius 1 is 1.32 bits per heavy atom. The molecule has 0 aliphatic heterocycles. The van der Waals surface area contributed by atoms with Crippen molar-refractivity contribution in [1.29, 1.82) is 0 Å². The van der Waals surface area contributed by atoms with Gasteiger partial charge in [0, 0.05) is 11.4 Å². The Bertz CT molecular complexity index is 561. The zero-order chi connectivity index (χ0) is 13.2. The number of para-hydroxylation sites is 1. The normalized spacial score (nSPS) is 23.9.